The maximum absolute atomic E-state index is 12.2. The first-order valence-electron chi connectivity index (χ1n) is 6.67. The number of carbonyl (C=O) groups excluding carboxylic acids is 1. The summed E-state index contributed by atoms with van der Waals surface area (Å²) in [7, 11) is 0. The third kappa shape index (κ3) is 2.14. The molecule has 102 valence electrons. The third-order valence-corrected chi connectivity index (χ3v) is 4.59. The topological polar surface area (TPSA) is 44.9 Å². The fraction of sp³-hybridized carbons (Fsp3) is 0. The second-order valence-electron chi connectivity index (χ2n) is 4.85. The molecule has 4 heteroatoms. The van der Waals surface area contributed by atoms with Gasteiger partial charge in [0, 0.05) is 27.6 Å². The number of carbonyl (C=O) groups is 1. The van der Waals surface area contributed by atoms with Crippen LogP contribution in [0.15, 0.2) is 64.5 Å². The van der Waals surface area contributed by atoms with E-state index in [9.17, 15) is 4.79 Å². The largest absolute Gasteiger partial charge is 0.361 e. The predicted octanol–water partition coefficient (Wildman–Crippen LogP) is 4.25. The number of anilines is 1. The van der Waals surface area contributed by atoms with Gasteiger partial charge in [0.05, 0.1) is 10.6 Å². The number of aromatic amines is 1. The van der Waals surface area contributed by atoms with E-state index in [0.29, 0.717) is 4.91 Å². The number of H-pyrrole nitrogens is 1. The van der Waals surface area contributed by atoms with Gasteiger partial charge in [0.25, 0.3) is 5.91 Å². The first kappa shape index (κ1) is 12.3. The standard InChI is InChI=1S/C17H12N2OS/c20-17-16(21-15-8-4-3-7-14(15)19-17)9-11-10-18-13-6-2-1-5-12(11)13/h1-10,18H,(H,19,20). The molecule has 3 aromatic rings. The molecule has 1 aliphatic rings. The zero-order chi connectivity index (χ0) is 14.2. The Morgan fingerprint density at radius 1 is 1.00 bits per heavy atom. The molecule has 2 heterocycles. The minimum Gasteiger partial charge on any atom is -0.361 e. The highest BCUT2D eigenvalue weighted by Gasteiger charge is 2.20. The number of benzene rings is 2. The molecule has 0 atom stereocenters. The molecule has 4 rings (SSSR count). The molecule has 0 bridgehead atoms. The van der Waals surface area contributed by atoms with E-state index in [0.717, 1.165) is 27.0 Å². The number of thioether (sulfide) groups is 1. The number of fused-ring (bicyclic) bond motifs is 2. The van der Waals surface area contributed by atoms with Gasteiger partial charge in [-0.15, -0.1) is 0 Å². The predicted molar refractivity (Wildman–Crippen MR) is 87.2 cm³/mol. The zero-order valence-electron chi connectivity index (χ0n) is 11.1. The van der Waals surface area contributed by atoms with Crippen LogP contribution in [0.3, 0.4) is 0 Å². The molecule has 0 spiro atoms. The van der Waals surface area contributed by atoms with Crippen molar-refractivity contribution in [2.24, 2.45) is 0 Å². The number of aromatic nitrogens is 1. The zero-order valence-corrected chi connectivity index (χ0v) is 11.9. The summed E-state index contributed by atoms with van der Waals surface area (Å²) in [5, 5.41) is 4.05. The van der Waals surface area contributed by atoms with Gasteiger partial charge in [-0.3, -0.25) is 4.79 Å². The Morgan fingerprint density at radius 3 is 2.76 bits per heavy atom. The van der Waals surface area contributed by atoms with E-state index in [-0.39, 0.29) is 5.91 Å². The van der Waals surface area contributed by atoms with Crippen LogP contribution in [-0.2, 0) is 4.79 Å². The van der Waals surface area contributed by atoms with Gasteiger partial charge in [-0.1, -0.05) is 42.1 Å². The van der Waals surface area contributed by atoms with Crippen LogP contribution in [0.1, 0.15) is 5.56 Å². The Hall–Kier alpha value is -2.46. The van der Waals surface area contributed by atoms with E-state index in [1.165, 1.54) is 11.8 Å². The Bertz CT molecular complexity index is 879. The van der Waals surface area contributed by atoms with Gasteiger partial charge >= 0.3 is 0 Å². The number of rotatable bonds is 1. The lowest BCUT2D eigenvalue weighted by Crippen LogP contribution is -2.16. The number of hydrogen-bond acceptors (Lipinski definition) is 2. The lowest BCUT2D eigenvalue weighted by atomic mass is 10.1. The lowest BCUT2D eigenvalue weighted by molar-refractivity contribution is -0.112. The van der Waals surface area contributed by atoms with E-state index >= 15 is 0 Å². The van der Waals surface area contributed by atoms with E-state index in [4.69, 9.17) is 0 Å². The Kier molecular flexibility index (Phi) is 2.82. The first-order chi connectivity index (χ1) is 10.3. The average molecular weight is 292 g/mol. The molecule has 0 unspecified atom stereocenters. The molecule has 21 heavy (non-hydrogen) atoms. The fourth-order valence-corrected chi connectivity index (χ4v) is 3.40. The highest BCUT2D eigenvalue weighted by molar-refractivity contribution is 8.04. The molecule has 1 aromatic heterocycles. The second-order valence-corrected chi connectivity index (χ2v) is 5.93. The van der Waals surface area contributed by atoms with Gasteiger partial charge in [-0.25, -0.2) is 0 Å². The first-order valence-corrected chi connectivity index (χ1v) is 7.49. The van der Waals surface area contributed by atoms with E-state index in [1.54, 1.807) is 0 Å². The van der Waals surface area contributed by atoms with Crippen molar-refractivity contribution in [2.45, 2.75) is 4.90 Å². The van der Waals surface area contributed by atoms with Gasteiger partial charge < -0.3 is 10.3 Å². The summed E-state index contributed by atoms with van der Waals surface area (Å²) in [5.74, 6) is -0.0519. The van der Waals surface area contributed by atoms with Crippen LogP contribution in [0.4, 0.5) is 5.69 Å². The molecule has 1 aliphatic heterocycles. The van der Waals surface area contributed by atoms with E-state index in [1.807, 2.05) is 54.7 Å². The van der Waals surface area contributed by atoms with Crippen LogP contribution in [0.5, 0.6) is 0 Å². The maximum Gasteiger partial charge on any atom is 0.262 e. The minimum absolute atomic E-state index is 0.0519. The number of amides is 1. The van der Waals surface area contributed by atoms with Crippen molar-refractivity contribution >= 4 is 40.3 Å². The highest BCUT2D eigenvalue weighted by Crippen LogP contribution is 2.39. The fourth-order valence-electron chi connectivity index (χ4n) is 2.46. The monoisotopic (exact) mass is 292 g/mol. The minimum atomic E-state index is -0.0519. The van der Waals surface area contributed by atoms with Crippen molar-refractivity contribution < 1.29 is 4.79 Å². The molecule has 0 saturated carbocycles. The molecule has 3 nitrogen and oxygen atoms in total. The molecule has 1 amide bonds. The van der Waals surface area contributed by atoms with Crippen molar-refractivity contribution in [1.29, 1.82) is 0 Å². The van der Waals surface area contributed by atoms with Gasteiger partial charge in [0.15, 0.2) is 0 Å². The van der Waals surface area contributed by atoms with Crippen LogP contribution in [0.25, 0.3) is 17.0 Å². The van der Waals surface area contributed by atoms with Gasteiger partial charge in [-0.05, 0) is 24.3 Å². The maximum atomic E-state index is 12.2. The van der Waals surface area contributed by atoms with E-state index < -0.39 is 0 Å². The summed E-state index contributed by atoms with van der Waals surface area (Å²) in [4.78, 5) is 17.2. The molecule has 2 N–H and O–H groups in total. The molecular formula is C17H12N2OS. The van der Waals surface area contributed by atoms with Gasteiger partial charge in [-0.2, -0.15) is 0 Å². The highest BCUT2D eigenvalue weighted by atomic mass is 32.2. The summed E-state index contributed by atoms with van der Waals surface area (Å²) < 4.78 is 0. The Balaban J connectivity index is 1.78. The smallest absolute Gasteiger partial charge is 0.262 e. The number of nitrogens with one attached hydrogen (secondary N) is 2. The van der Waals surface area contributed by atoms with Gasteiger partial charge in [0.1, 0.15) is 0 Å². The Morgan fingerprint density at radius 2 is 1.81 bits per heavy atom. The van der Waals surface area contributed by atoms with Crippen LogP contribution in [0, 0.1) is 0 Å². The number of hydrogen-bond donors (Lipinski definition) is 2. The summed E-state index contributed by atoms with van der Waals surface area (Å²) in [6.45, 7) is 0. The molecule has 0 aliphatic carbocycles. The molecule has 0 saturated heterocycles. The average Bonchev–Trinajstić information content (AvgIpc) is 2.91. The van der Waals surface area contributed by atoms with E-state index in [2.05, 4.69) is 16.4 Å². The third-order valence-electron chi connectivity index (χ3n) is 3.49. The van der Waals surface area contributed by atoms with Crippen molar-refractivity contribution in [3.05, 3.63) is 65.2 Å². The lowest BCUT2D eigenvalue weighted by Gasteiger charge is -2.18. The van der Waals surface area contributed by atoms with Crippen LogP contribution < -0.4 is 5.32 Å². The van der Waals surface area contributed by atoms with Crippen molar-refractivity contribution in [1.82, 2.24) is 4.98 Å². The van der Waals surface area contributed by atoms with Crippen LogP contribution in [0.2, 0.25) is 0 Å². The summed E-state index contributed by atoms with van der Waals surface area (Å²) >= 11 is 1.51. The SMILES string of the molecule is O=C1Nc2ccccc2SC1=Cc1c[nH]c2ccccc12. The number of para-hydroxylation sites is 2. The molecular weight excluding hydrogens is 280 g/mol. The summed E-state index contributed by atoms with van der Waals surface area (Å²) in [5.41, 5.74) is 2.98. The van der Waals surface area contributed by atoms with Crippen molar-refractivity contribution in [2.75, 3.05) is 5.32 Å². The summed E-state index contributed by atoms with van der Waals surface area (Å²) in [6.07, 6.45) is 3.88. The summed E-state index contributed by atoms with van der Waals surface area (Å²) in [6, 6.07) is 15.9. The van der Waals surface area contributed by atoms with Crippen LogP contribution in [-0.4, -0.2) is 10.9 Å². The van der Waals surface area contributed by atoms with Crippen molar-refractivity contribution in [3.63, 3.8) is 0 Å². The second kappa shape index (κ2) is 4.82. The van der Waals surface area contributed by atoms with Gasteiger partial charge in [0.2, 0.25) is 0 Å². The molecule has 2 aromatic carbocycles. The Labute approximate surface area is 126 Å². The van der Waals surface area contributed by atoms with Crippen molar-refractivity contribution in [3.8, 4) is 0 Å². The molecule has 0 radical (unpaired) electrons. The quantitative estimate of drug-likeness (QED) is 0.658. The molecule has 0 fully saturated rings. The van der Waals surface area contributed by atoms with Crippen LogP contribution >= 0.6 is 11.8 Å². The normalized spacial score (nSPS) is 16.0.